The highest BCUT2D eigenvalue weighted by Crippen LogP contribution is 2.33. The van der Waals surface area contributed by atoms with Crippen molar-refractivity contribution in [3.05, 3.63) is 52.7 Å². The van der Waals surface area contributed by atoms with Crippen LogP contribution in [0.1, 0.15) is 47.7 Å². The fraction of sp³-hybridized carbons (Fsp3) is 0.304. The molecule has 0 aliphatic carbocycles. The van der Waals surface area contributed by atoms with Gasteiger partial charge in [-0.15, -0.1) is 11.3 Å². The first-order valence-electron chi connectivity index (χ1n) is 9.88. The molecule has 31 heavy (non-hydrogen) atoms. The minimum Gasteiger partial charge on any atom is -0.462 e. The third kappa shape index (κ3) is 4.67. The highest BCUT2D eigenvalue weighted by molar-refractivity contribution is 7.17. The molecule has 1 aromatic carbocycles. The Morgan fingerprint density at radius 1 is 1.35 bits per heavy atom. The molecule has 0 saturated carbocycles. The molecule has 0 amide bonds. The largest absolute Gasteiger partial charge is 0.462 e. The number of fused-ring (bicyclic) bond motifs is 1. The van der Waals surface area contributed by atoms with Gasteiger partial charge in [-0.2, -0.15) is 5.26 Å². The zero-order valence-corrected chi connectivity index (χ0v) is 18.7. The van der Waals surface area contributed by atoms with E-state index in [9.17, 15) is 14.9 Å². The van der Waals surface area contributed by atoms with Gasteiger partial charge >= 0.3 is 11.9 Å². The lowest BCUT2D eigenvalue weighted by atomic mass is 10.1. The van der Waals surface area contributed by atoms with Crippen LogP contribution in [0.25, 0.3) is 21.5 Å². The Hall–Kier alpha value is -3.44. The van der Waals surface area contributed by atoms with Gasteiger partial charge in [0.25, 0.3) is 0 Å². The van der Waals surface area contributed by atoms with E-state index in [1.54, 1.807) is 33.0 Å². The molecule has 0 bridgehead atoms. The zero-order valence-electron chi connectivity index (χ0n) is 17.8. The van der Waals surface area contributed by atoms with Gasteiger partial charge in [-0.1, -0.05) is 6.08 Å². The number of hydrogen-bond donors (Lipinski definition) is 0. The van der Waals surface area contributed by atoms with Crippen molar-refractivity contribution in [2.24, 2.45) is 0 Å². The summed E-state index contributed by atoms with van der Waals surface area (Å²) in [6, 6.07) is 7.80. The molecule has 3 aromatic rings. The Morgan fingerprint density at radius 2 is 2.13 bits per heavy atom. The molecule has 1 atom stereocenters. The van der Waals surface area contributed by atoms with Gasteiger partial charge in [-0.3, -0.25) is 0 Å². The Kier molecular flexibility index (Phi) is 6.88. The molecule has 3 rings (SSSR count). The molecular formula is C23H23N3O4S. The van der Waals surface area contributed by atoms with Gasteiger partial charge in [-0.25, -0.2) is 14.6 Å². The monoisotopic (exact) mass is 437 g/mol. The Morgan fingerprint density at radius 3 is 2.81 bits per heavy atom. The van der Waals surface area contributed by atoms with Gasteiger partial charge in [0.15, 0.2) is 0 Å². The van der Waals surface area contributed by atoms with Gasteiger partial charge in [0, 0.05) is 28.7 Å². The molecule has 0 spiro atoms. The van der Waals surface area contributed by atoms with Crippen molar-refractivity contribution >= 4 is 34.2 Å². The van der Waals surface area contributed by atoms with Crippen molar-refractivity contribution in [2.75, 3.05) is 13.2 Å². The van der Waals surface area contributed by atoms with E-state index >= 15 is 0 Å². The molecule has 0 fully saturated rings. The van der Waals surface area contributed by atoms with Crippen molar-refractivity contribution in [1.82, 2.24) is 9.55 Å². The number of carbonyl (C=O) groups excluding carboxylic acids is 2. The number of hydrogen-bond acceptors (Lipinski definition) is 7. The maximum absolute atomic E-state index is 12.1. The number of nitriles is 1. The van der Waals surface area contributed by atoms with Crippen LogP contribution in [0, 0.1) is 18.3 Å². The highest BCUT2D eigenvalue weighted by atomic mass is 32.1. The van der Waals surface area contributed by atoms with Gasteiger partial charge in [0.05, 0.1) is 23.9 Å². The third-order valence-electron chi connectivity index (χ3n) is 4.70. The summed E-state index contributed by atoms with van der Waals surface area (Å²) < 4.78 is 12.3. The van der Waals surface area contributed by atoms with E-state index in [1.165, 1.54) is 17.4 Å². The molecule has 8 heteroatoms. The maximum Gasteiger partial charge on any atom is 0.350 e. The minimum absolute atomic E-state index is 0.151. The van der Waals surface area contributed by atoms with Crippen molar-refractivity contribution in [3.8, 4) is 16.6 Å². The van der Waals surface area contributed by atoms with Crippen LogP contribution in [0.2, 0.25) is 0 Å². The summed E-state index contributed by atoms with van der Waals surface area (Å²) in [5, 5.41) is 11.1. The lowest BCUT2D eigenvalue weighted by molar-refractivity contribution is -0.138. The average molecular weight is 438 g/mol. The smallest absolute Gasteiger partial charge is 0.350 e. The molecule has 1 unspecified atom stereocenters. The van der Waals surface area contributed by atoms with Crippen LogP contribution in [-0.4, -0.2) is 34.7 Å². The summed E-state index contributed by atoms with van der Waals surface area (Å²) >= 11 is 1.27. The van der Waals surface area contributed by atoms with Gasteiger partial charge in [0.1, 0.15) is 22.6 Å². The quantitative estimate of drug-likeness (QED) is 0.389. The van der Waals surface area contributed by atoms with Crippen LogP contribution in [0.5, 0.6) is 0 Å². The fourth-order valence-corrected chi connectivity index (χ4v) is 4.17. The average Bonchev–Trinajstić information content (AvgIpc) is 3.32. The van der Waals surface area contributed by atoms with Crippen molar-refractivity contribution in [1.29, 1.82) is 5.26 Å². The Balaban J connectivity index is 1.95. The van der Waals surface area contributed by atoms with E-state index < -0.39 is 5.97 Å². The molecule has 0 aliphatic heterocycles. The molecule has 0 N–H and O–H groups in total. The number of rotatable bonds is 7. The first kappa shape index (κ1) is 22.2. The van der Waals surface area contributed by atoms with Gasteiger partial charge < -0.3 is 14.0 Å². The number of aryl methyl sites for hydroxylation is 1. The normalized spacial score (nSPS) is 12.1. The van der Waals surface area contributed by atoms with Crippen LogP contribution in [0.3, 0.4) is 0 Å². The summed E-state index contributed by atoms with van der Waals surface area (Å²) in [4.78, 5) is 28.7. The second kappa shape index (κ2) is 9.58. The van der Waals surface area contributed by atoms with Crippen LogP contribution >= 0.6 is 11.3 Å². The SMILES string of the molecule is CC=CC(=O)OCC(C)n1cc(C#N)c2cc(-c3nc(C)c(C(=O)OCC)s3)ccc21. The number of esters is 2. The summed E-state index contributed by atoms with van der Waals surface area (Å²) in [5.74, 6) is -0.778. The molecular weight excluding hydrogens is 414 g/mol. The fourth-order valence-electron chi connectivity index (χ4n) is 3.22. The number of allylic oxidation sites excluding steroid dienone is 1. The number of aromatic nitrogens is 2. The van der Waals surface area contributed by atoms with E-state index in [4.69, 9.17) is 9.47 Å². The first-order chi connectivity index (χ1) is 14.9. The van der Waals surface area contributed by atoms with Gasteiger partial charge in [-0.05, 0) is 45.9 Å². The number of benzene rings is 1. The van der Waals surface area contributed by atoms with E-state index in [-0.39, 0.29) is 18.6 Å². The number of ether oxygens (including phenoxy) is 2. The number of thiazole rings is 1. The predicted molar refractivity (Wildman–Crippen MR) is 119 cm³/mol. The van der Waals surface area contributed by atoms with Crippen molar-refractivity contribution in [3.63, 3.8) is 0 Å². The van der Waals surface area contributed by atoms with Gasteiger partial charge in [0.2, 0.25) is 0 Å². The third-order valence-corrected chi connectivity index (χ3v) is 5.89. The molecule has 2 aromatic heterocycles. The van der Waals surface area contributed by atoms with Crippen molar-refractivity contribution < 1.29 is 19.1 Å². The molecule has 7 nitrogen and oxygen atoms in total. The zero-order chi connectivity index (χ0) is 22.5. The van der Waals surface area contributed by atoms with E-state index in [0.29, 0.717) is 27.7 Å². The first-order valence-corrected chi connectivity index (χ1v) is 10.7. The lowest BCUT2D eigenvalue weighted by Crippen LogP contribution is -2.14. The Labute approximate surface area is 184 Å². The Bertz CT molecular complexity index is 1200. The van der Waals surface area contributed by atoms with Crippen LogP contribution < -0.4 is 0 Å². The summed E-state index contributed by atoms with van der Waals surface area (Å²) in [5.41, 5.74) is 2.81. The highest BCUT2D eigenvalue weighted by Gasteiger charge is 2.19. The van der Waals surface area contributed by atoms with Crippen LogP contribution in [0.15, 0.2) is 36.5 Å². The van der Waals surface area contributed by atoms with Crippen molar-refractivity contribution in [2.45, 2.75) is 33.7 Å². The molecule has 0 radical (unpaired) electrons. The lowest BCUT2D eigenvalue weighted by Gasteiger charge is -2.15. The van der Waals surface area contributed by atoms with E-state index in [0.717, 1.165) is 16.5 Å². The number of carbonyl (C=O) groups is 2. The molecule has 0 aliphatic rings. The van der Waals surface area contributed by atoms with E-state index in [2.05, 4.69) is 11.1 Å². The predicted octanol–water partition coefficient (Wildman–Crippen LogP) is 4.80. The number of nitrogens with zero attached hydrogens (tertiary/aromatic N) is 3. The van der Waals surface area contributed by atoms with Crippen LogP contribution in [-0.2, 0) is 14.3 Å². The molecule has 2 heterocycles. The topological polar surface area (TPSA) is 94.2 Å². The van der Waals surface area contributed by atoms with E-state index in [1.807, 2.05) is 29.7 Å². The summed E-state index contributed by atoms with van der Waals surface area (Å²) in [6.45, 7) is 7.71. The summed E-state index contributed by atoms with van der Waals surface area (Å²) in [7, 11) is 0. The molecule has 0 saturated heterocycles. The summed E-state index contributed by atoms with van der Waals surface area (Å²) in [6.07, 6.45) is 4.76. The second-order valence-electron chi connectivity index (χ2n) is 6.93. The second-order valence-corrected chi connectivity index (χ2v) is 7.93. The molecule has 160 valence electrons. The maximum atomic E-state index is 12.1. The standard InChI is InChI=1S/C23H23N3O4S/c1-5-7-20(27)30-13-14(3)26-12-17(11-24)18-10-16(8-9-19(18)26)22-25-15(4)21(31-22)23(28)29-6-2/h5,7-10,12,14H,6,13H2,1-4H3. The van der Waals surface area contributed by atoms with Crippen LogP contribution in [0.4, 0.5) is 0 Å². The minimum atomic E-state index is -0.398.